The number of aliphatic carboxylic acids is 1. The minimum Gasteiger partial charge on any atom is -0.506 e. The molecule has 17 heavy (non-hydrogen) atoms. The number of carbonyl (C=O) groups is 1. The number of fused-ring (bicyclic) bond motifs is 1. The molecule has 0 amide bonds. The summed E-state index contributed by atoms with van der Waals surface area (Å²) in [6.45, 7) is 0. The molecule has 0 spiro atoms. The normalized spacial score (nSPS) is 12.5. The van der Waals surface area contributed by atoms with Crippen LogP contribution in [-0.2, 0) is 11.2 Å². The molecule has 4 N–H and O–H groups in total. The molecule has 1 aromatic carbocycles. The molecule has 2 aromatic rings. The van der Waals surface area contributed by atoms with Gasteiger partial charge in [-0.05, 0) is 24.1 Å². The largest absolute Gasteiger partial charge is 0.506 e. The molecule has 0 unspecified atom stereocenters. The maximum Gasteiger partial charge on any atom is 0.320 e. The Labute approximate surface area is 97.5 Å². The molecule has 5 nitrogen and oxygen atoms in total. The molecule has 1 atom stereocenters. The smallest absolute Gasteiger partial charge is 0.320 e. The molecule has 0 saturated heterocycles. The number of phenols is 1. The predicted molar refractivity (Wildman–Crippen MR) is 62.7 cm³/mol. The van der Waals surface area contributed by atoms with Gasteiger partial charge in [0.15, 0.2) is 0 Å². The summed E-state index contributed by atoms with van der Waals surface area (Å²) in [7, 11) is 0. The third-order valence-electron chi connectivity index (χ3n) is 2.52. The van der Waals surface area contributed by atoms with Gasteiger partial charge >= 0.3 is 5.97 Å². The monoisotopic (exact) mass is 232 g/mol. The van der Waals surface area contributed by atoms with Gasteiger partial charge in [-0.3, -0.25) is 9.78 Å². The van der Waals surface area contributed by atoms with E-state index in [-0.39, 0.29) is 12.2 Å². The van der Waals surface area contributed by atoms with Gasteiger partial charge in [-0.25, -0.2) is 0 Å². The molecule has 0 aliphatic carbocycles. The van der Waals surface area contributed by atoms with Crippen molar-refractivity contribution in [3.8, 4) is 5.75 Å². The van der Waals surface area contributed by atoms with Crippen molar-refractivity contribution < 1.29 is 15.0 Å². The molecular formula is C12H12N2O3. The summed E-state index contributed by atoms with van der Waals surface area (Å²) < 4.78 is 0. The molecule has 2 rings (SSSR count). The molecule has 0 aliphatic heterocycles. The Morgan fingerprint density at radius 1 is 1.47 bits per heavy atom. The molecule has 1 aromatic heterocycles. The van der Waals surface area contributed by atoms with E-state index < -0.39 is 12.0 Å². The van der Waals surface area contributed by atoms with E-state index in [0.717, 1.165) is 10.9 Å². The summed E-state index contributed by atoms with van der Waals surface area (Å²) in [5, 5.41) is 19.0. The number of aromatic nitrogens is 1. The minimum absolute atomic E-state index is 0.108. The Balaban J connectivity index is 2.35. The molecule has 0 bridgehead atoms. The van der Waals surface area contributed by atoms with E-state index in [4.69, 9.17) is 10.8 Å². The van der Waals surface area contributed by atoms with Crippen molar-refractivity contribution >= 4 is 16.9 Å². The van der Waals surface area contributed by atoms with E-state index in [1.807, 2.05) is 0 Å². The molecule has 0 aliphatic rings. The summed E-state index contributed by atoms with van der Waals surface area (Å²) in [6.07, 6.45) is 1.75. The SMILES string of the molecule is N[C@@H](Cc1cnc2c(O)cccc2c1)C(=O)O. The van der Waals surface area contributed by atoms with Gasteiger partial charge in [0.1, 0.15) is 17.3 Å². The second-order valence-corrected chi connectivity index (χ2v) is 3.84. The van der Waals surface area contributed by atoms with Gasteiger partial charge < -0.3 is 15.9 Å². The predicted octanol–water partition coefficient (Wildman–Crippen LogP) is 0.895. The number of hydrogen-bond donors (Lipinski definition) is 3. The van der Waals surface area contributed by atoms with Crippen molar-refractivity contribution in [2.24, 2.45) is 5.73 Å². The van der Waals surface area contributed by atoms with Crippen LogP contribution in [0.25, 0.3) is 10.9 Å². The third-order valence-corrected chi connectivity index (χ3v) is 2.52. The second kappa shape index (κ2) is 4.39. The van der Waals surface area contributed by atoms with Gasteiger partial charge in [-0.2, -0.15) is 0 Å². The molecule has 0 radical (unpaired) electrons. The Morgan fingerprint density at radius 3 is 2.94 bits per heavy atom. The number of carboxylic acid groups (broad SMARTS) is 1. The lowest BCUT2D eigenvalue weighted by atomic mass is 10.1. The zero-order valence-electron chi connectivity index (χ0n) is 9.00. The molecule has 0 fully saturated rings. The number of hydrogen-bond acceptors (Lipinski definition) is 4. The summed E-state index contributed by atoms with van der Waals surface area (Å²) in [6, 6.07) is 5.91. The first kappa shape index (κ1) is 11.3. The van der Waals surface area contributed by atoms with E-state index in [1.165, 1.54) is 6.20 Å². The summed E-state index contributed by atoms with van der Waals surface area (Å²) >= 11 is 0. The van der Waals surface area contributed by atoms with Crippen LogP contribution < -0.4 is 5.73 Å². The van der Waals surface area contributed by atoms with E-state index in [1.54, 1.807) is 24.3 Å². The fraction of sp³-hybridized carbons (Fsp3) is 0.167. The first-order valence-corrected chi connectivity index (χ1v) is 5.13. The van der Waals surface area contributed by atoms with E-state index in [9.17, 15) is 9.90 Å². The van der Waals surface area contributed by atoms with E-state index in [0.29, 0.717) is 5.52 Å². The van der Waals surface area contributed by atoms with Crippen LogP contribution in [0.4, 0.5) is 0 Å². The lowest BCUT2D eigenvalue weighted by Gasteiger charge is -2.07. The van der Waals surface area contributed by atoms with Crippen molar-refractivity contribution in [1.29, 1.82) is 0 Å². The number of para-hydroxylation sites is 1. The quantitative estimate of drug-likeness (QED) is 0.730. The van der Waals surface area contributed by atoms with E-state index >= 15 is 0 Å². The molecule has 1 heterocycles. The summed E-state index contributed by atoms with van der Waals surface area (Å²) in [5.41, 5.74) is 6.68. The second-order valence-electron chi connectivity index (χ2n) is 3.84. The topological polar surface area (TPSA) is 96.4 Å². The highest BCUT2D eigenvalue weighted by Gasteiger charge is 2.12. The fourth-order valence-electron chi connectivity index (χ4n) is 1.64. The fourth-order valence-corrected chi connectivity index (χ4v) is 1.64. The van der Waals surface area contributed by atoms with Crippen LogP contribution in [0.15, 0.2) is 30.5 Å². The highest BCUT2D eigenvalue weighted by atomic mass is 16.4. The van der Waals surface area contributed by atoms with Crippen LogP contribution in [0.2, 0.25) is 0 Å². The average Bonchev–Trinajstić information content (AvgIpc) is 2.29. The number of phenolic OH excluding ortho intramolecular Hbond substituents is 1. The molecule has 5 heteroatoms. The first-order chi connectivity index (χ1) is 8.08. The summed E-state index contributed by atoms with van der Waals surface area (Å²) in [5.74, 6) is -0.933. The van der Waals surface area contributed by atoms with Crippen LogP contribution in [0.5, 0.6) is 5.75 Å². The van der Waals surface area contributed by atoms with Crippen molar-refractivity contribution in [2.75, 3.05) is 0 Å². The van der Waals surface area contributed by atoms with Crippen molar-refractivity contribution in [3.63, 3.8) is 0 Å². The number of carboxylic acids is 1. The van der Waals surface area contributed by atoms with Crippen LogP contribution in [0, 0.1) is 0 Å². The Morgan fingerprint density at radius 2 is 2.24 bits per heavy atom. The molecular weight excluding hydrogens is 220 g/mol. The number of nitrogens with zero attached hydrogens (tertiary/aromatic N) is 1. The van der Waals surface area contributed by atoms with Crippen LogP contribution >= 0.6 is 0 Å². The van der Waals surface area contributed by atoms with Crippen LogP contribution in [0.3, 0.4) is 0 Å². The highest BCUT2D eigenvalue weighted by molar-refractivity contribution is 5.84. The Hall–Kier alpha value is -2.14. The van der Waals surface area contributed by atoms with Gasteiger partial charge in [0.2, 0.25) is 0 Å². The van der Waals surface area contributed by atoms with Crippen molar-refractivity contribution in [2.45, 2.75) is 12.5 Å². The lowest BCUT2D eigenvalue weighted by Crippen LogP contribution is -2.32. The van der Waals surface area contributed by atoms with Gasteiger partial charge in [0.25, 0.3) is 0 Å². The summed E-state index contributed by atoms with van der Waals surface area (Å²) in [4.78, 5) is 14.7. The third kappa shape index (κ3) is 2.34. The maximum atomic E-state index is 10.6. The van der Waals surface area contributed by atoms with Crippen molar-refractivity contribution in [3.05, 3.63) is 36.0 Å². The minimum atomic E-state index is -1.04. The van der Waals surface area contributed by atoms with Crippen molar-refractivity contribution in [1.82, 2.24) is 4.98 Å². The standard InChI is InChI=1S/C12H12N2O3/c13-9(12(16)17)5-7-4-8-2-1-3-10(15)11(8)14-6-7/h1-4,6,9,15H,5,13H2,(H,16,17)/t9-/m0/s1. The number of aromatic hydroxyl groups is 1. The van der Waals surface area contributed by atoms with Crippen LogP contribution in [-0.4, -0.2) is 27.2 Å². The highest BCUT2D eigenvalue weighted by Crippen LogP contribution is 2.22. The van der Waals surface area contributed by atoms with Gasteiger partial charge in [-0.1, -0.05) is 12.1 Å². The number of rotatable bonds is 3. The van der Waals surface area contributed by atoms with Gasteiger partial charge in [0, 0.05) is 11.6 Å². The van der Waals surface area contributed by atoms with Crippen LogP contribution in [0.1, 0.15) is 5.56 Å². The molecule has 88 valence electrons. The maximum absolute atomic E-state index is 10.6. The molecule has 0 saturated carbocycles. The average molecular weight is 232 g/mol. The lowest BCUT2D eigenvalue weighted by molar-refractivity contribution is -0.138. The van der Waals surface area contributed by atoms with Gasteiger partial charge in [-0.15, -0.1) is 0 Å². The zero-order valence-corrected chi connectivity index (χ0v) is 9.00. The van der Waals surface area contributed by atoms with E-state index in [2.05, 4.69) is 4.98 Å². The van der Waals surface area contributed by atoms with Gasteiger partial charge in [0.05, 0.1) is 0 Å². The number of benzene rings is 1. The number of nitrogens with two attached hydrogens (primary N) is 1. The zero-order chi connectivity index (χ0) is 12.4. The Bertz CT molecular complexity index is 569. The first-order valence-electron chi connectivity index (χ1n) is 5.13. The number of pyridine rings is 1. The Kier molecular flexibility index (Phi) is 2.93.